The van der Waals surface area contributed by atoms with Crippen molar-refractivity contribution in [3.8, 4) is 0 Å². The van der Waals surface area contributed by atoms with Gasteiger partial charge in [-0.05, 0) is 43.5 Å². The Morgan fingerprint density at radius 1 is 1.24 bits per heavy atom. The summed E-state index contributed by atoms with van der Waals surface area (Å²) >= 11 is 6.34. The quantitative estimate of drug-likeness (QED) is 0.882. The van der Waals surface area contributed by atoms with E-state index in [1.54, 1.807) is 0 Å². The third kappa shape index (κ3) is 1.96. The molecule has 0 saturated heterocycles. The standard InChI is InChI=1S/C14H18ClNO/c1-4-5-16-13-7-10(3)9(2)6-11(13)12(8-17)14(16)15/h6-7,17H,4-5,8H2,1-3H3. The molecule has 1 aromatic carbocycles. The normalized spacial score (nSPS) is 11.4. The van der Waals surface area contributed by atoms with E-state index in [1.165, 1.54) is 11.1 Å². The Morgan fingerprint density at radius 2 is 1.88 bits per heavy atom. The highest BCUT2D eigenvalue weighted by Gasteiger charge is 2.15. The summed E-state index contributed by atoms with van der Waals surface area (Å²) in [6, 6.07) is 4.28. The van der Waals surface area contributed by atoms with Crippen molar-refractivity contribution in [1.82, 2.24) is 4.57 Å². The van der Waals surface area contributed by atoms with Gasteiger partial charge in [0.1, 0.15) is 5.15 Å². The fourth-order valence-corrected chi connectivity index (χ4v) is 2.58. The number of nitrogens with zero attached hydrogens (tertiary/aromatic N) is 1. The number of hydrogen-bond acceptors (Lipinski definition) is 1. The van der Waals surface area contributed by atoms with E-state index in [4.69, 9.17) is 11.6 Å². The van der Waals surface area contributed by atoms with Gasteiger partial charge in [0.05, 0.1) is 6.61 Å². The highest BCUT2D eigenvalue weighted by atomic mass is 35.5. The molecule has 0 bridgehead atoms. The van der Waals surface area contributed by atoms with E-state index in [2.05, 4.69) is 37.5 Å². The van der Waals surface area contributed by atoms with Crippen molar-refractivity contribution >= 4 is 22.5 Å². The van der Waals surface area contributed by atoms with Gasteiger partial charge < -0.3 is 9.67 Å². The van der Waals surface area contributed by atoms with Crippen LogP contribution in [0.25, 0.3) is 10.9 Å². The van der Waals surface area contributed by atoms with Crippen molar-refractivity contribution in [3.63, 3.8) is 0 Å². The van der Waals surface area contributed by atoms with E-state index in [0.717, 1.165) is 29.4 Å². The van der Waals surface area contributed by atoms with Crippen LogP contribution in [0.4, 0.5) is 0 Å². The molecule has 0 aliphatic rings. The van der Waals surface area contributed by atoms with Gasteiger partial charge in [0, 0.05) is 23.0 Å². The van der Waals surface area contributed by atoms with Crippen LogP contribution in [-0.2, 0) is 13.2 Å². The minimum absolute atomic E-state index is 0.00541. The van der Waals surface area contributed by atoms with E-state index in [1.807, 2.05) is 0 Å². The number of aromatic nitrogens is 1. The van der Waals surface area contributed by atoms with Gasteiger partial charge in [0.15, 0.2) is 0 Å². The van der Waals surface area contributed by atoms with Gasteiger partial charge in [-0.3, -0.25) is 0 Å². The van der Waals surface area contributed by atoms with Gasteiger partial charge in [0.25, 0.3) is 0 Å². The highest BCUT2D eigenvalue weighted by Crippen LogP contribution is 2.32. The maximum Gasteiger partial charge on any atom is 0.115 e. The zero-order chi connectivity index (χ0) is 12.6. The summed E-state index contributed by atoms with van der Waals surface area (Å²) in [4.78, 5) is 0. The van der Waals surface area contributed by atoms with Crippen LogP contribution in [-0.4, -0.2) is 9.67 Å². The van der Waals surface area contributed by atoms with Gasteiger partial charge >= 0.3 is 0 Å². The van der Waals surface area contributed by atoms with Crippen LogP contribution >= 0.6 is 11.6 Å². The van der Waals surface area contributed by atoms with E-state index < -0.39 is 0 Å². The summed E-state index contributed by atoms with van der Waals surface area (Å²) in [5.74, 6) is 0. The molecule has 17 heavy (non-hydrogen) atoms. The van der Waals surface area contributed by atoms with Crippen LogP contribution in [0.3, 0.4) is 0 Å². The van der Waals surface area contributed by atoms with E-state index in [0.29, 0.717) is 5.15 Å². The number of aliphatic hydroxyl groups is 1. The molecule has 3 heteroatoms. The van der Waals surface area contributed by atoms with Crippen molar-refractivity contribution in [1.29, 1.82) is 0 Å². The van der Waals surface area contributed by atoms with Gasteiger partial charge in [-0.15, -0.1) is 0 Å². The number of aliphatic hydroxyl groups excluding tert-OH is 1. The molecule has 0 unspecified atom stereocenters. The second-order valence-electron chi connectivity index (χ2n) is 4.53. The maximum atomic E-state index is 9.46. The molecule has 0 aliphatic heterocycles. The fourth-order valence-electron chi connectivity index (χ4n) is 2.24. The van der Waals surface area contributed by atoms with Gasteiger partial charge in [-0.2, -0.15) is 0 Å². The number of rotatable bonds is 3. The van der Waals surface area contributed by atoms with Crippen molar-refractivity contribution in [2.45, 2.75) is 40.3 Å². The second-order valence-corrected chi connectivity index (χ2v) is 4.89. The molecule has 2 rings (SSSR count). The van der Waals surface area contributed by atoms with Crippen molar-refractivity contribution in [2.75, 3.05) is 0 Å². The fraction of sp³-hybridized carbons (Fsp3) is 0.429. The predicted molar refractivity (Wildman–Crippen MR) is 72.6 cm³/mol. The smallest absolute Gasteiger partial charge is 0.115 e. The summed E-state index contributed by atoms with van der Waals surface area (Å²) in [6.45, 7) is 7.19. The van der Waals surface area contributed by atoms with E-state index in [9.17, 15) is 5.11 Å². The number of halogens is 1. The molecule has 1 aromatic heterocycles. The molecule has 2 aromatic rings. The van der Waals surface area contributed by atoms with Crippen LogP contribution in [0.2, 0.25) is 5.15 Å². The first-order chi connectivity index (χ1) is 8.10. The Bertz CT molecular complexity index is 557. The molecular weight excluding hydrogens is 234 g/mol. The first kappa shape index (κ1) is 12.5. The summed E-state index contributed by atoms with van der Waals surface area (Å²) < 4.78 is 2.09. The molecule has 1 N–H and O–H groups in total. The minimum Gasteiger partial charge on any atom is -0.392 e. The molecule has 0 amide bonds. The van der Waals surface area contributed by atoms with Crippen molar-refractivity contribution in [3.05, 3.63) is 34.0 Å². The number of fused-ring (bicyclic) bond motifs is 1. The molecule has 92 valence electrons. The van der Waals surface area contributed by atoms with Gasteiger partial charge in [-0.1, -0.05) is 18.5 Å². The summed E-state index contributed by atoms with van der Waals surface area (Å²) in [5, 5.41) is 11.2. The van der Waals surface area contributed by atoms with Gasteiger partial charge in [-0.25, -0.2) is 0 Å². The largest absolute Gasteiger partial charge is 0.392 e. The Hall–Kier alpha value is -0.990. The number of hydrogen-bond donors (Lipinski definition) is 1. The average molecular weight is 252 g/mol. The molecule has 0 radical (unpaired) electrons. The zero-order valence-corrected chi connectivity index (χ0v) is 11.3. The third-order valence-electron chi connectivity index (χ3n) is 3.32. The second kappa shape index (κ2) is 4.71. The van der Waals surface area contributed by atoms with E-state index >= 15 is 0 Å². The monoisotopic (exact) mass is 251 g/mol. The highest BCUT2D eigenvalue weighted by molar-refractivity contribution is 6.32. The van der Waals surface area contributed by atoms with Crippen LogP contribution in [0.1, 0.15) is 30.0 Å². The lowest BCUT2D eigenvalue weighted by atomic mass is 10.1. The average Bonchev–Trinajstić information content (AvgIpc) is 2.54. The van der Waals surface area contributed by atoms with Crippen LogP contribution in [0, 0.1) is 13.8 Å². The summed E-state index contributed by atoms with van der Waals surface area (Å²) in [5.41, 5.74) is 4.47. The zero-order valence-electron chi connectivity index (χ0n) is 10.5. The van der Waals surface area contributed by atoms with Crippen LogP contribution < -0.4 is 0 Å². The number of aryl methyl sites for hydroxylation is 3. The molecule has 0 atom stereocenters. The number of benzene rings is 1. The van der Waals surface area contributed by atoms with E-state index in [-0.39, 0.29) is 6.61 Å². The lowest BCUT2D eigenvalue weighted by molar-refractivity contribution is 0.283. The van der Waals surface area contributed by atoms with Gasteiger partial charge in [0.2, 0.25) is 0 Å². The van der Waals surface area contributed by atoms with Crippen molar-refractivity contribution in [2.24, 2.45) is 0 Å². The summed E-state index contributed by atoms with van der Waals surface area (Å²) in [7, 11) is 0. The van der Waals surface area contributed by atoms with Crippen LogP contribution in [0.15, 0.2) is 12.1 Å². The minimum atomic E-state index is -0.00541. The topological polar surface area (TPSA) is 25.2 Å². The molecule has 0 aliphatic carbocycles. The maximum absolute atomic E-state index is 9.46. The first-order valence-electron chi connectivity index (χ1n) is 5.98. The molecule has 0 fully saturated rings. The Labute approximate surface area is 107 Å². The van der Waals surface area contributed by atoms with Crippen LogP contribution in [0.5, 0.6) is 0 Å². The molecule has 0 spiro atoms. The summed E-state index contributed by atoms with van der Waals surface area (Å²) in [6.07, 6.45) is 1.03. The Morgan fingerprint density at radius 3 is 2.47 bits per heavy atom. The molecule has 2 nitrogen and oxygen atoms in total. The lowest BCUT2D eigenvalue weighted by Gasteiger charge is -2.06. The Balaban J connectivity index is 2.80. The van der Waals surface area contributed by atoms with Crippen molar-refractivity contribution < 1.29 is 5.11 Å². The molecule has 0 saturated carbocycles. The Kier molecular flexibility index (Phi) is 3.45. The predicted octanol–water partition coefficient (Wildman–Crippen LogP) is 3.81. The molecular formula is C14H18ClNO. The third-order valence-corrected chi connectivity index (χ3v) is 3.75. The lowest BCUT2D eigenvalue weighted by Crippen LogP contribution is -1.97. The SMILES string of the molecule is CCCn1c(Cl)c(CO)c2cc(C)c(C)cc21. The first-order valence-corrected chi connectivity index (χ1v) is 6.36. The molecule has 1 heterocycles.